The number of fused-ring (bicyclic) bond motifs is 1. The van der Waals surface area contributed by atoms with E-state index in [1.54, 1.807) is 11.8 Å². The molecular formula is C6H10N2OS. The van der Waals surface area contributed by atoms with Gasteiger partial charge in [-0.05, 0) is 6.08 Å². The Hall–Kier alpha value is -0.190. The molecule has 0 aromatic carbocycles. The van der Waals surface area contributed by atoms with Crippen LogP contribution in [0.15, 0.2) is 11.8 Å². The fraction of sp³-hybridized carbons (Fsp3) is 0.667. The monoisotopic (exact) mass is 158 g/mol. The van der Waals surface area contributed by atoms with Gasteiger partial charge in [-0.2, -0.15) is 0 Å². The van der Waals surface area contributed by atoms with Gasteiger partial charge in [0.05, 0.1) is 12.5 Å². The third-order valence-corrected chi connectivity index (χ3v) is 2.60. The van der Waals surface area contributed by atoms with Gasteiger partial charge in [0.1, 0.15) is 5.44 Å². The molecule has 3 N–H and O–H groups in total. The predicted molar refractivity (Wildman–Crippen MR) is 41.4 cm³/mol. The lowest BCUT2D eigenvalue weighted by Crippen LogP contribution is -2.33. The Labute approximate surface area is 64.0 Å². The van der Waals surface area contributed by atoms with E-state index in [0.29, 0.717) is 6.61 Å². The van der Waals surface area contributed by atoms with E-state index in [1.165, 1.54) is 0 Å². The summed E-state index contributed by atoms with van der Waals surface area (Å²) in [4.78, 5) is 0. The maximum Gasteiger partial charge on any atom is 0.144 e. The molecule has 0 spiro atoms. The summed E-state index contributed by atoms with van der Waals surface area (Å²) >= 11 is 1.77. The molecule has 2 aliphatic heterocycles. The highest BCUT2D eigenvalue weighted by atomic mass is 32.2. The van der Waals surface area contributed by atoms with E-state index < -0.39 is 0 Å². The van der Waals surface area contributed by atoms with Crippen LogP contribution in [0.3, 0.4) is 0 Å². The van der Waals surface area contributed by atoms with Gasteiger partial charge >= 0.3 is 0 Å². The highest BCUT2D eigenvalue weighted by Gasteiger charge is 2.26. The van der Waals surface area contributed by atoms with Crippen molar-refractivity contribution >= 4 is 11.8 Å². The van der Waals surface area contributed by atoms with Gasteiger partial charge in [0.15, 0.2) is 0 Å². The summed E-state index contributed by atoms with van der Waals surface area (Å²) in [6.07, 6.45) is 2.05. The Kier molecular flexibility index (Phi) is 1.60. The maximum absolute atomic E-state index is 5.64. The first-order chi connectivity index (χ1) is 4.86. The number of rotatable bonds is 0. The first-order valence-corrected chi connectivity index (χ1v) is 4.35. The van der Waals surface area contributed by atoms with Crippen LogP contribution in [-0.4, -0.2) is 24.0 Å². The van der Waals surface area contributed by atoms with Gasteiger partial charge in [-0.15, -0.1) is 11.8 Å². The Morgan fingerprint density at radius 3 is 3.60 bits per heavy atom. The molecule has 2 heterocycles. The maximum atomic E-state index is 5.64. The first kappa shape index (κ1) is 6.52. The lowest BCUT2D eigenvalue weighted by atomic mass is 10.2. The normalized spacial score (nSPS) is 38.3. The van der Waals surface area contributed by atoms with E-state index in [0.717, 1.165) is 11.6 Å². The number of nitrogens with one attached hydrogen (secondary N) is 1. The fourth-order valence-corrected chi connectivity index (χ4v) is 2.04. The van der Waals surface area contributed by atoms with Gasteiger partial charge in [0.25, 0.3) is 0 Å². The second-order valence-electron chi connectivity index (χ2n) is 2.44. The summed E-state index contributed by atoms with van der Waals surface area (Å²) in [6, 6.07) is 0.0810. The summed E-state index contributed by atoms with van der Waals surface area (Å²) in [5.41, 5.74) is 7.03. The molecule has 0 aromatic rings. The standard InChI is InChI=1S/C6H10N2OS/c7-4-1-5-6(9-2-4)10-3-8-5/h1,4,6,8H,2-3,7H2. The van der Waals surface area contributed by atoms with Crippen molar-refractivity contribution in [1.29, 1.82) is 0 Å². The minimum Gasteiger partial charge on any atom is -0.377 e. The fourth-order valence-electron chi connectivity index (χ4n) is 1.13. The van der Waals surface area contributed by atoms with E-state index in [1.807, 2.05) is 6.08 Å². The molecule has 1 saturated heterocycles. The molecule has 1 fully saturated rings. The molecule has 56 valence electrons. The molecule has 4 heteroatoms. The third kappa shape index (κ3) is 1.02. The molecular weight excluding hydrogens is 148 g/mol. The highest BCUT2D eigenvalue weighted by Crippen LogP contribution is 2.27. The van der Waals surface area contributed by atoms with Crippen molar-refractivity contribution in [2.45, 2.75) is 11.5 Å². The zero-order chi connectivity index (χ0) is 6.97. The van der Waals surface area contributed by atoms with Gasteiger partial charge in [-0.1, -0.05) is 0 Å². The van der Waals surface area contributed by atoms with Crippen molar-refractivity contribution in [2.75, 3.05) is 12.5 Å². The number of hydrogen-bond acceptors (Lipinski definition) is 4. The molecule has 0 amide bonds. The van der Waals surface area contributed by atoms with Crippen LogP contribution < -0.4 is 11.1 Å². The van der Waals surface area contributed by atoms with E-state index in [4.69, 9.17) is 10.5 Å². The Morgan fingerprint density at radius 1 is 1.80 bits per heavy atom. The molecule has 0 aromatic heterocycles. The van der Waals surface area contributed by atoms with Gasteiger partial charge in [0.2, 0.25) is 0 Å². The summed E-state index contributed by atoms with van der Waals surface area (Å²) in [5.74, 6) is 0.948. The minimum atomic E-state index is 0.0810. The van der Waals surface area contributed by atoms with Crippen LogP contribution in [0.1, 0.15) is 0 Å². The highest BCUT2D eigenvalue weighted by molar-refractivity contribution is 8.00. The second-order valence-corrected chi connectivity index (χ2v) is 3.49. The lowest BCUT2D eigenvalue weighted by molar-refractivity contribution is 0.116. The molecule has 2 aliphatic rings. The average molecular weight is 158 g/mol. The van der Waals surface area contributed by atoms with Crippen LogP contribution >= 0.6 is 11.8 Å². The Bertz CT molecular complexity index is 171. The Morgan fingerprint density at radius 2 is 2.70 bits per heavy atom. The third-order valence-electron chi connectivity index (χ3n) is 1.60. The molecule has 2 unspecified atom stereocenters. The van der Waals surface area contributed by atoms with Crippen molar-refractivity contribution in [1.82, 2.24) is 5.32 Å². The van der Waals surface area contributed by atoms with Crippen LogP contribution in [0.2, 0.25) is 0 Å². The van der Waals surface area contributed by atoms with Crippen molar-refractivity contribution < 1.29 is 4.74 Å². The predicted octanol–water partition coefficient (Wildman–Crippen LogP) is -0.152. The number of nitrogens with two attached hydrogens (primary N) is 1. The summed E-state index contributed by atoms with van der Waals surface area (Å²) in [5, 5.41) is 3.21. The van der Waals surface area contributed by atoms with Crippen molar-refractivity contribution in [3.8, 4) is 0 Å². The molecule has 3 nitrogen and oxygen atoms in total. The van der Waals surface area contributed by atoms with Crippen LogP contribution in [0.4, 0.5) is 0 Å². The van der Waals surface area contributed by atoms with Crippen LogP contribution in [-0.2, 0) is 4.74 Å². The topological polar surface area (TPSA) is 47.3 Å². The SMILES string of the molecule is NC1C=C2NCSC2OC1. The van der Waals surface area contributed by atoms with Gasteiger partial charge in [-0.3, -0.25) is 0 Å². The van der Waals surface area contributed by atoms with Crippen molar-refractivity contribution in [2.24, 2.45) is 5.73 Å². The molecule has 0 aliphatic carbocycles. The summed E-state index contributed by atoms with van der Waals surface area (Å²) in [6.45, 7) is 0.656. The first-order valence-electron chi connectivity index (χ1n) is 3.30. The van der Waals surface area contributed by atoms with E-state index in [2.05, 4.69) is 5.32 Å². The van der Waals surface area contributed by atoms with E-state index in [-0.39, 0.29) is 11.5 Å². The molecule has 2 rings (SSSR count). The van der Waals surface area contributed by atoms with Crippen LogP contribution in [0.5, 0.6) is 0 Å². The van der Waals surface area contributed by atoms with Crippen LogP contribution in [0.25, 0.3) is 0 Å². The largest absolute Gasteiger partial charge is 0.377 e. The molecule has 2 atom stereocenters. The number of thioether (sulfide) groups is 1. The molecule has 0 saturated carbocycles. The quantitative estimate of drug-likeness (QED) is 0.514. The molecule has 0 radical (unpaired) electrons. The zero-order valence-electron chi connectivity index (χ0n) is 5.54. The van der Waals surface area contributed by atoms with Crippen LogP contribution in [0, 0.1) is 0 Å². The smallest absolute Gasteiger partial charge is 0.144 e. The summed E-state index contributed by atoms with van der Waals surface area (Å²) in [7, 11) is 0. The Balaban J connectivity index is 2.16. The molecule has 0 bridgehead atoms. The lowest BCUT2D eigenvalue weighted by Gasteiger charge is -2.20. The van der Waals surface area contributed by atoms with Gasteiger partial charge < -0.3 is 15.8 Å². The van der Waals surface area contributed by atoms with Gasteiger partial charge in [-0.25, -0.2) is 0 Å². The average Bonchev–Trinajstić information content (AvgIpc) is 2.33. The second kappa shape index (κ2) is 2.45. The minimum absolute atomic E-state index is 0.0810. The summed E-state index contributed by atoms with van der Waals surface area (Å²) < 4.78 is 5.42. The van der Waals surface area contributed by atoms with Gasteiger partial charge in [0, 0.05) is 11.7 Å². The number of ether oxygens (including phenoxy) is 1. The zero-order valence-corrected chi connectivity index (χ0v) is 6.36. The van der Waals surface area contributed by atoms with Crippen molar-refractivity contribution in [3.63, 3.8) is 0 Å². The van der Waals surface area contributed by atoms with Crippen molar-refractivity contribution in [3.05, 3.63) is 11.8 Å². The van der Waals surface area contributed by atoms with E-state index in [9.17, 15) is 0 Å². The van der Waals surface area contributed by atoms with E-state index >= 15 is 0 Å². The molecule has 10 heavy (non-hydrogen) atoms. The number of hydrogen-bond donors (Lipinski definition) is 2.